The summed E-state index contributed by atoms with van der Waals surface area (Å²) in [7, 11) is 0. The van der Waals surface area contributed by atoms with Crippen molar-refractivity contribution in [3.63, 3.8) is 0 Å². The highest BCUT2D eigenvalue weighted by molar-refractivity contribution is 5.83. The van der Waals surface area contributed by atoms with Crippen LogP contribution in [0.1, 0.15) is 38.7 Å². The van der Waals surface area contributed by atoms with Gasteiger partial charge in [0.15, 0.2) is 0 Å². The van der Waals surface area contributed by atoms with Crippen molar-refractivity contribution in [1.82, 2.24) is 0 Å². The molecule has 2 heteroatoms. The second-order valence-electron chi connectivity index (χ2n) is 3.57. The molecule has 0 aliphatic rings. The lowest BCUT2D eigenvalue weighted by Gasteiger charge is -2.12. The first-order chi connectivity index (χ1) is 7.19. The number of hydrogen-bond acceptors (Lipinski definition) is 2. The van der Waals surface area contributed by atoms with Crippen LogP contribution in [0.25, 0.3) is 0 Å². The van der Waals surface area contributed by atoms with Gasteiger partial charge >= 0.3 is 0 Å². The van der Waals surface area contributed by atoms with Gasteiger partial charge in [-0.1, -0.05) is 19.1 Å². The molecule has 0 aromatic heterocycles. The summed E-state index contributed by atoms with van der Waals surface area (Å²) in [6, 6.07) is 7.79. The highest BCUT2D eigenvalue weighted by Crippen LogP contribution is 2.22. The minimum Gasteiger partial charge on any atom is -0.494 e. The summed E-state index contributed by atoms with van der Waals surface area (Å²) in [4.78, 5) is 11.4. The summed E-state index contributed by atoms with van der Waals surface area (Å²) >= 11 is 0. The van der Waals surface area contributed by atoms with Crippen molar-refractivity contribution in [2.24, 2.45) is 0 Å². The van der Waals surface area contributed by atoms with Crippen molar-refractivity contribution in [1.29, 1.82) is 0 Å². The maximum absolute atomic E-state index is 11.4. The number of benzene rings is 1. The van der Waals surface area contributed by atoms with Crippen molar-refractivity contribution in [2.75, 3.05) is 6.61 Å². The highest BCUT2D eigenvalue weighted by atomic mass is 16.5. The fourth-order valence-corrected chi connectivity index (χ4v) is 1.72. The molecule has 0 saturated carbocycles. The van der Waals surface area contributed by atoms with Gasteiger partial charge in [-0.15, -0.1) is 0 Å². The first kappa shape index (κ1) is 11.8. The maximum Gasteiger partial charge on any atom is 0.137 e. The van der Waals surface area contributed by atoms with Crippen LogP contribution >= 0.6 is 0 Å². The molecule has 0 N–H and O–H groups in total. The van der Waals surface area contributed by atoms with Crippen LogP contribution in [0, 0.1) is 0 Å². The van der Waals surface area contributed by atoms with Crippen LogP contribution in [0.5, 0.6) is 5.75 Å². The van der Waals surface area contributed by atoms with Crippen molar-refractivity contribution < 1.29 is 9.53 Å². The van der Waals surface area contributed by atoms with Crippen molar-refractivity contribution in [3.8, 4) is 5.75 Å². The number of Topliss-reactive ketones (excluding diaryl/α,β-unsaturated/α-hetero) is 1. The van der Waals surface area contributed by atoms with E-state index in [2.05, 4.69) is 0 Å². The average Bonchev–Trinajstić information content (AvgIpc) is 2.21. The summed E-state index contributed by atoms with van der Waals surface area (Å²) in [5.41, 5.74) is 1.08. The molecule has 1 aromatic carbocycles. The molecule has 0 fully saturated rings. The Hall–Kier alpha value is -1.31. The molecule has 0 aliphatic carbocycles. The number of carbonyl (C=O) groups excluding carboxylic acids is 1. The molecule has 2 nitrogen and oxygen atoms in total. The third-order valence-electron chi connectivity index (χ3n) is 2.49. The topological polar surface area (TPSA) is 26.3 Å². The van der Waals surface area contributed by atoms with E-state index in [1.54, 1.807) is 6.92 Å². The molecule has 1 rings (SSSR count). The Morgan fingerprint density at radius 1 is 1.27 bits per heavy atom. The second-order valence-corrected chi connectivity index (χ2v) is 3.57. The summed E-state index contributed by atoms with van der Waals surface area (Å²) in [6.45, 7) is 6.30. The van der Waals surface area contributed by atoms with E-state index in [0.717, 1.165) is 17.7 Å². The Kier molecular flexibility index (Phi) is 4.35. The lowest BCUT2D eigenvalue weighted by atomic mass is 9.93. The zero-order chi connectivity index (χ0) is 11.3. The summed E-state index contributed by atoms with van der Waals surface area (Å²) < 4.78 is 5.35. The molecule has 0 heterocycles. The van der Waals surface area contributed by atoms with Gasteiger partial charge in [0.05, 0.1) is 6.61 Å². The van der Waals surface area contributed by atoms with Gasteiger partial charge in [-0.05, 0) is 38.0 Å². The number of rotatable bonds is 5. The molecule has 1 aromatic rings. The standard InChI is InChI=1S/C13H18O2/c1-4-13(10(3)14)11-6-8-12(9-7-11)15-5-2/h6-9,13H,4-5H2,1-3H3. The summed E-state index contributed by atoms with van der Waals surface area (Å²) in [6.07, 6.45) is 0.851. The zero-order valence-electron chi connectivity index (χ0n) is 9.62. The van der Waals surface area contributed by atoms with E-state index in [9.17, 15) is 4.79 Å². The third-order valence-corrected chi connectivity index (χ3v) is 2.49. The van der Waals surface area contributed by atoms with E-state index in [1.165, 1.54) is 0 Å². The van der Waals surface area contributed by atoms with Crippen LogP contribution in [0.15, 0.2) is 24.3 Å². The molecule has 0 aliphatic heterocycles. The van der Waals surface area contributed by atoms with E-state index in [0.29, 0.717) is 6.61 Å². The van der Waals surface area contributed by atoms with Gasteiger partial charge < -0.3 is 4.74 Å². The summed E-state index contributed by atoms with van der Waals surface area (Å²) in [5, 5.41) is 0. The van der Waals surface area contributed by atoms with Crippen LogP contribution in [0.4, 0.5) is 0 Å². The van der Waals surface area contributed by atoms with Crippen LogP contribution in [-0.4, -0.2) is 12.4 Å². The van der Waals surface area contributed by atoms with E-state index < -0.39 is 0 Å². The van der Waals surface area contributed by atoms with E-state index in [-0.39, 0.29) is 11.7 Å². The number of hydrogen-bond donors (Lipinski definition) is 0. The monoisotopic (exact) mass is 206 g/mol. The van der Waals surface area contributed by atoms with Crippen LogP contribution in [0.3, 0.4) is 0 Å². The molecule has 0 spiro atoms. The second kappa shape index (κ2) is 5.54. The fraction of sp³-hybridized carbons (Fsp3) is 0.462. The molecule has 82 valence electrons. The molecule has 0 radical (unpaired) electrons. The van der Waals surface area contributed by atoms with E-state index >= 15 is 0 Å². The quantitative estimate of drug-likeness (QED) is 0.739. The van der Waals surface area contributed by atoms with Gasteiger partial charge in [0.25, 0.3) is 0 Å². The molecular weight excluding hydrogens is 188 g/mol. The Bertz CT molecular complexity index is 314. The zero-order valence-corrected chi connectivity index (χ0v) is 9.62. The molecule has 0 saturated heterocycles. The Morgan fingerprint density at radius 2 is 1.87 bits per heavy atom. The maximum atomic E-state index is 11.4. The van der Waals surface area contributed by atoms with Crippen molar-refractivity contribution >= 4 is 5.78 Å². The van der Waals surface area contributed by atoms with Crippen LogP contribution in [0.2, 0.25) is 0 Å². The SMILES string of the molecule is CCOc1ccc(C(CC)C(C)=O)cc1. The average molecular weight is 206 g/mol. The van der Waals surface area contributed by atoms with Gasteiger partial charge in [0.2, 0.25) is 0 Å². The molecule has 1 unspecified atom stereocenters. The molecule has 15 heavy (non-hydrogen) atoms. The Morgan fingerprint density at radius 3 is 2.27 bits per heavy atom. The normalized spacial score (nSPS) is 12.2. The van der Waals surface area contributed by atoms with Gasteiger partial charge in [0.1, 0.15) is 11.5 Å². The predicted molar refractivity (Wildman–Crippen MR) is 61.3 cm³/mol. The van der Waals surface area contributed by atoms with Gasteiger partial charge in [-0.2, -0.15) is 0 Å². The molecular formula is C13H18O2. The minimum absolute atomic E-state index is 0.0284. The van der Waals surface area contributed by atoms with Gasteiger partial charge in [-0.25, -0.2) is 0 Å². The van der Waals surface area contributed by atoms with Gasteiger partial charge in [-0.3, -0.25) is 4.79 Å². The Balaban J connectivity index is 2.82. The lowest BCUT2D eigenvalue weighted by Crippen LogP contribution is -2.07. The van der Waals surface area contributed by atoms with Crippen LogP contribution < -0.4 is 4.74 Å². The van der Waals surface area contributed by atoms with Crippen molar-refractivity contribution in [2.45, 2.75) is 33.1 Å². The Labute approximate surface area is 91.3 Å². The van der Waals surface area contributed by atoms with Crippen molar-refractivity contribution in [3.05, 3.63) is 29.8 Å². The number of carbonyl (C=O) groups is 1. The smallest absolute Gasteiger partial charge is 0.137 e. The van der Waals surface area contributed by atoms with E-state index in [4.69, 9.17) is 4.74 Å². The van der Waals surface area contributed by atoms with Crippen LogP contribution in [-0.2, 0) is 4.79 Å². The number of ketones is 1. The minimum atomic E-state index is 0.0284. The lowest BCUT2D eigenvalue weighted by molar-refractivity contribution is -0.118. The predicted octanol–water partition coefficient (Wildman–Crippen LogP) is 3.17. The largest absolute Gasteiger partial charge is 0.494 e. The van der Waals surface area contributed by atoms with Gasteiger partial charge in [0, 0.05) is 5.92 Å². The third kappa shape index (κ3) is 3.08. The number of ether oxygens (including phenoxy) is 1. The summed E-state index contributed by atoms with van der Waals surface area (Å²) in [5.74, 6) is 1.11. The molecule has 0 bridgehead atoms. The van der Waals surface area contributed by atoms with E-state index in [1.807, 2.05) is 38.1 Å². The highest BCUT2D eigenvalue weighted by Gasteiger charge is 2.13. The fourth-order valence-electron chi connectivity index (χ4n) is 1.72. The first-order valence-electron chi connectivity index (χ1n) is 5.42. The first-order valence-corrected chi connectivity index (χ1v) is 5.42. The molecule has 1 atom stereocenters. The molecule has 0 amide bonds.